The monoisotopic (exact) mass is 285 g/mol. The van der Waals surface area contributed by atoms with E-state index in [1.54, 1.807) is 12.5 Å². The maximum Gasteiger partial charge on any atom is 0.202 e. The average molecular weight is 285 g/mol. The first-order valence-corrected chi connectivity index (χ1v) is 6.69. The molecule has 0 bridgehead atoms. The highest BCUT2D eigenvalue weighted by atomic mass is 16.3. The van der Waals surface area contributed by atoms with Gasteiger partial charge < -0.3 is 9.52 Å². The van der Waals surface area contributed by atoms with E-state index in [1.807, 2.05) is 24.3 Å². The summed E-state index contributed by atoms with van der Waals surface area (Å²) >= 11 is 0. The molecule has 21 heavy (non-hydrogen) atoms. The van der Waals surface area contributed by atoms with Crippen LogP contribution in [0.2, 0.25) is 0 Å². The molecule has 3 aromatic heterocycles. The molecule has 0 radical (unpaired) electrons. The van der Waals surface area contributed by atoms with Crippen LogP contribution in [0.1, 0.15) is 35.4 Å². The van der Waals surface area contributed by atoms with Crippen molar-refractivity contribution in [1.82, 2.24) is 25.6 Å². The van der Waals surface area contributed by atoms with Crippen molar-refractivity contribution in [2.75, 3.05) is 0 Å². The van der Waals surface area contributed by atoms with E-state index in [2.05, 4.69) is 25.6 Å². The van der Waals surface area contributed by atoms with Gasteiger partial charge in [-0.2, -0.15) is 5.21 Å². The fourth-order valence-electron chi connectivity index (χ4n) is 2.08. The second kappa shape index (κ2) is 6.27. The second-order valence-electron chi connectivity index (χ2n) is 4.74. The number of rotatable bonds is 6. The molecular formula is C14H15N5O2. The molecule has 3 aromatic rings. The Morgan fingerprint density at radius 1 is 1.33 bits per heavy atom. The van der Waals surface area contributed by atoms with E-state index >= 15 is 0 Å². The van der Waals surface area contributed by atoms with Gasteiger partial charge in [-0.3, -0.25) is 4.98 Å². The zero-order chi connectivity index (χ0) is 14.5. The predicted octanol–water partition coefficient (Wildman–Crippen LogP) is 1.44. The lowest BCUT2D eigenvalue weighted by Gasteiger charge is -2.03. The number of hydrogen-bond acceptors (Lipinski definition) is 6. The molecule has 0 saturated carbocycles. The summed E-state index contributed by atoms with van der Waals surface area (Å²) < 4.78 is 5.50. The molecule has 3 rings (SSSR count). The lowest BCUT2D eigenvalue weighted by Crippen LogP contribution is -2.01. The molecule has 3 heterocycles. The van der Waals surface area contributed by atoms with Crippen molar-refractivity contribution in [3.05, 3.63) is 59.6 Å². The van der Waals surface area contributed by atoms with Crippen molar-refractivity contribution in [3.63, 3.8) is 0 Å². The van der Waals surface area contributed by atoms with Gasteiger partial charge in [0, 0.05) is 24.7 Å². The zero-order valence-electron chi connectivity index (χ0n) is 11.3. The lowest BCUT2D eigenvalue weighted by molar-refractivity contribution is 0.156. The molecule has 7 nitrogen and oxygen atoms in total. The van der Waals surface area contributed by atoms with Crippen LogP contribution in [-0.4, -0.2) is 30.7 Å². The molecule has 0 fully saturated rings. The summed E-state index contributed by atoms with van der Waals surface area (Å²) in [6, 6.07) is 7.82. The molecule has 7 heteroatoms. The fraction of sp³-hybridized carbons (Fsp3) is 0.286. The van der Waals surface area contributed by atoms with Crippen LogP contribution in [0.4, 0.5) is 0 Å². The molecule has 108 valence electrons. The van der Waals surface area contributed by atoms with Crippen LogP contribution >= 0.6 is 0 Å². The van der Waals surface area contributed by atoms with Crippen molar-refractivity contribution in [2.24, 2.45) is 0 Å². The minimum absolute atomic E-state index is 0.301. The van der Waals surface area contributed by atoms with Gasteiger partial charge in [-0.15, -0.1) is 10.2 Å². The summed E-state index contributed by atoms with van der Waals surface area (Å²) in [6.45, 7) is 0. The zero-order valence-corrected chi connectivity index (χ0v) is 11.3. The quantitative estimate of drug-likeness (QED) is 0.710. The Morgan fingerprint density at radius 3 is 3.05 bits per heavy atom. The summed E-state index contributed by atoms with van der Waals surface area (Å²) in [7, 11) is 0. The standard InChI is InChI=1S/C14H15N5O2/c20-13(14-16-18-19-17-14)5-4-12-8-10(9-21-12)7-11-3-1-2-6-15-11/h1-3,6,8-9,13,20H,4-5,7H2,(H,16,17,18,19). The summed E-state index contributed by atoms with van der Waals surface area (Å²) in [4.78, 5) is 4.28. The first-order chi connectivity index (χ1) is 10.3. The fourth-order valence-corrected chi connectivity index (χ4v) is 2.08. The van der Waals surface area contributed by atoms with Gasteiger partial charge in [-0.05, 0) is 30.2 Å². The van der Waals surface area contributed by atoms with Crippen LogP contribution in [0.3, 0.4) is 0 Å². The summed E-state index contributed by atoms with van der Waals surface area (Å²) in [5.41, 5.74) is 2.06. The summed E-state index contributed by atoms with van der Waals surface area (Å²) in [5, 5.41) is 23.1. The number of nitrogens with zero attached hydrogens (tertiary/aromatic N) is 4. The highest BCUT2D eigenvalue weighted by molar-refractivity contribution is 5.20. The Morgan fingerprint density at radius 2 is 2.29 bits per heavy atom. The van der Waals surface area contributed by atoms with Crippen molar-refractivity contribution in [1.29, 1.82) is 0 Å². The Hall–Kier alpha value is -2.54. The highest BCUT2D eigenvalue weighted by Crippen LogP contribution is 2.17. The van der Waals surface area contributed by atoms with Crippen LogP contribution < -0.4 is 0 Å². The van der Waals surface area contributed by atoms with Crippen LogP contribution in [0.15, 0.2) is 41.1 Å². The second-order valence-corrected chi connectivity index (χ2v) is 4.74. The molecule has 2 N–H and O–H groups in total. The van der Waals surface area contributed by atoms with Gasteiger partial charge in [-0.1, -0.05) is 11.3 Å². The van der Waals surface area contributed by atoms with Crippen LogP contribution in [0.5, 0.6) is 0 Å². The van der Waals surface area contributed by atoms with Gasteiger partial charge in [-0.25, -0.2) is 0 Å². The third kappa shape index (κ3) is 3.51. The molecule has 0 aliphatic carbocycles. The molecule has 0 spiro atoms. The first kappa shape index (κ1) is 13.4. The van der Waals surface area contributed by atoms with E-state index in [-0.39, 0.29) is 0 Å². The van der Waals surface area contributed by atoms with Gasteiger partial charge in [0.15, 0.2) is 0 Å². The van der Waals surface area contributed by atoms with Gasteiger partial charge in [0.05, 0.1) is 6.26 Å². The molecular weight excluding hydrogens is 270 g/mol. The Kier molecular flexibility index (Phi) is 4.02. The number of tetrazole rings is 1. The molecule has 1 unspecified atom stereocenters. The van der Waals surface area contributed by atoms with Gasteiger partial charge in [0.1, 0.15) is 11.9 Å². The topological polar surface area (TPSA) is 101 Å². The molecule has 0 amide bonds. The molecule has 0 aliphatic heterocycles. The van der Waals surface area contributed by atoms with Gasteiger partial charge >= 0.3 is 0 Å². The summed E-state index contributed by atoms with van der Waals surface area (Å²) in [5.74, 6) is 1.12. The minimum Gasteiger partial charge on any atom is -0.469 e. The van der Waals surface area contributed by atoms with Crippen molar-refractivity contribution in [3.8, 4) is 0 Å². The Bertz CT molecular complexity index is 666. The van der Waals surface area contributed by atoms with E-state index in [1.165, 1.54) is 0 Å². The molecule has 0 saturated heterocycles. The maximum absolute atomic E-state index is 9.88. The van der Waals surface area contributed by atoms with E-state index < -0.39 is 6.10 Å². The predicted molar refractivity (Wildman–Crippen MR) is 73.2 cm³/mol. The van der Waals surface area contributed by atoms with E-state index in [0.29, 0.717) is 18.7 Å². The number of aliphatic hydroxyl groups excluding tert-OH is 1. The number of hydrogen-bond donors (Lipinski definition) is 2. The SMILES string of the molecule is OC(CCc1cc(Cc2ccccn2)co1)c1nn[nH]n1. The number of aromatic nitrogens is 5. The molecule has 1 atom stereocenters. The molecule has 0 aromatic carbocycles. The van der Waals surface area contributed by atoms with Crippen LogP contribution in [0.25, 0.3) is 0 Å². The number of nitrogens with one attached hydrogen (secondary N) is 1. The Balaban J connectivity index is 1.55. The van der Waals surface area contributed by atoms with Crippen molar-refractivity contribution in [2.45, 2.75) is 25.4 Å². The highest BCUT2D eigenvalue weighted by Gasteiger charge is 2.13. The largest absolute Gasteiger partial charge is 0.469 e. The number of aromatic amines is 1. The van der Waals surface area contributed by atoms with Crippen LogP contribution in [-0.2, 0) is 12.8 Å². The molecule has 0 aliphatic rings. The summed E-state index contributed by atoms with van der Waals surface area (Å²) in [6.07, 6.45) is 4.58. The smallest absolute Gasteiger partial charge is 0.202 e. The van der Waals surface area contributed by atoms with Crippen molar-refractivity contribution < 1.29 is 9.52 Å². The number of aryl methyl sites for hydroxylation is 1. The number of H-pyrrole nitrogens is 1. The van der Waals surface area contributed by atoms with E-state index in [9.17, 15) is 5.11 Å². The van der Waals surface area contributed by atoms with Crippen molar-refractivity contribution >= 4 is 0 Å². The lowest BCUT2D eigenvalue weighted by atomic mass is 10.1. The van der Waals surface area contributed by atoms with E-state index in [0.717, 1.165) is 23.4 Å². The normalized spacial score (nSPS) is 12.4. The number of furan rings is 1. The maximum atomic E-state index is 9.88. The third-order valence-electron chi connectivity index (χ3n) is 3.14. The van der Waals surface area contributed by atoms with E-state index in [4.69, 9.17) is 4.42 Å². The van der Waals surface area contributed by atoms with Gasteiger partial charge in [0.25, 0.3) is 0 Å². The van der Waals surface area contributed by atoms with Gasteiger partial charge in [0.2, 0.25) is 5.82 Å². The third-order valence-corrected chi connectivity index (χ3v) is 3.14. The number of pyridine rings is 1. The number of aliphatic hydroxyl groups is 1. The average Bonchev–Trinajstić information content (AvgIpc) is 3.17. The van der Waals surface area contributed by atoms with Crippen LogP contribution in [0, 0.1) is 0 Å². The minimum atomic E-state index is -0.743. The first-order valence-electron chi connectivity index (χ1n) is 6.69. The Labute approximate surface area is 121 Å².